The second-order valence-electron chi connectivity index (χ2n) is 6.28. The zero-order valence-corrected chi connectivity index (χ0v) is 17.2. The number of esters is 3. The SMILES string of the molecule is COC(=O)C=Cc1ccc(-c2nn(-c3ccccc3)c(C(=O)OC)c2C(=O)OC)cc1. The van der Waals surface area contributed by atoms with Crippen molar-refractivity contribution in [3.63, 3.8) is 0 Å². The summed E-state index contributed by atoms with van der Waals surface area (Å²) in [6.45, 7) is 0. The molecule has 0 aliphatic rings. The summed E-state index contributed by atoms with van der Waals surface area (Å²) in [6, 6.07) is 15.9. The van der Waals surface area contributed by atoms with E-state index in [1.54, 1.807) is 54.6 Å². The van der Waals surface area contributed by atoms with Gasteiger partial charge in [-0.25, -0.2) is 19.1 Å². The van der Waals surface area contributed by atoms with Gasteiger partial charge in [-0.2, -0.15) is 5.10 Å². The van der Waals surface area contributed by atoms with Crippen molar-refractivity contribution in [2.24, 2.45) is 0 Å². The summed E-state index contributed by atoms with van der Waals surface area (Å²) < 4.78 is 15.8. The van der Waals surface area contributed by atoms with Crippen LogP contribution >= 0.6 is 0 Å². The van der Waals surface area contributed by atoms with Crippen LogP contribution in [-0.2, 0) is 19.0 Å². The van der Waals surface area contributed by atoms with Gasteiger partial charge in [0.2, 0.25) is 0 Å². The molecule has 8 heteroatoms. The van der Waals surface area contributed by atoms with Crippen LogP contribution in [-0.4, -0.2) is 49.0 Å². The molecule has 31 heavy (non-hydrogen) atoms. The van der Waals surface area contributed by atoms with E-state index >= 15 is 0 Å². The van der Waals surface area contributed by atoms with Crippen LogP contribution in [0.25, 0.3) is 23.0 Å². The Balaban J connectivity index is 2.17. The molecule has 0 spiro atoms. The predicted molar refractivity (Wildman–Crippen MR) is 113 cm³/mol. The predicted octanol–water partition coefficient (Wildman–Crippen LogP) is 3.30. The molecule has 0 bridgehead atoms. The molecule has 1 heterocycles. The molecule has 0 atom stereocenters. The molecule has 158 valence electrons. The molecular formula is C23H20N2O6. The van der Waals surface area contributed by atoms with Crippen LogP contribution in [0.2, 0.25) is 0 Å². The van der Waals surface area contributed by atoms with Crippen molar-refractivity contribution in [1.29, 1.82) is 0 Å². The molecule has 0 unspecified atom stereocenters. The van der Waals surface area contributed by atoms with Crippen molar-refractivity contribution in [2.75, 3.05) is 21.3 Å². The molecule has 0 saturated carbocycles. The Morgan fingerprint density at radius 3 is 2.06 bits per heavy atom. The third kappa shape index (κ3) is 4.53. The lowest BCUT2D eigenvalue weighted by Gasteiger charge is -2.07. The number of rotatable bonds is 6. The molecule has 0 amide bonds. The molecule has 3 aromatic rings. The van der Waals surface area contributed by atoms with E-state index < -0.39 is 17.9 Å². The van der Waals surface area contributed by atoms with E-state index in [0.717, 1.165) is 5.56 Å². The normalized spacial score (nSPS) is 10.7. The summed E-state index contributed by atoms with van der Waals surface area (Å²) in [5.41, 5.74) is 2.12. The Labute approximate surface area is 178 Å². The summed E-state index contributed by atoms with van der Waals surface area (Å²) in [5, 5.41) is 4.53. The first kappa shape index (κ1) is 21.5. The van der Waals surface area contributed by atoms with Crippen molar-refractivity contribution < 1.29 is 28.6 Å². The fourth-order valence-electron chi connectivity index (χ4n) is 2.94. The average Bonchev–Trinajstić information content (AvgIpc) is 3.23. The molecule has 0 fully saturated rings. The van der Waals surface area contributed by atoms with E-state index in [1.807, 2.05) is 6.07 Å². The molecule has 0 aliphatic carbocycles. The first-order valence-corrected chi connectivity index (χ1v) is 9.21. The number of nitrogens with zero attached hydrogens (tertiary/aromatic N) is 2. The fraction of sp³-hybridized carbons (Fsp3) is 0.130. The van der Waals surface area contributed by atoms with Gasteiger partial charge in [0, 0.05) is 11.6 Å². The molecule has 2 aromatic carbocycles. The van der Waals surface area contributed by atoms with Crippen LogP contribution in [0.15, 0.2) is 60.7 Å². The molecule has 8 nitrogen and oxygen atoms in total. The van der Waals surface area contributed by atoms with Crippen LogP contribution in [0.4, 0.5) is 0 Å². The van der Waals surface area contributed by atoms with Crippen LogP contribution < -0.4 is 0 Å². The van der Waals surface area contributed by atoms with E-state index in [9.17, 15) is 14.4 Å². The number of para-hydroxylation sites is 1. The molecule has 0 N–H and O–H groups in total. The monoisotopic (exact) mass is 420 g/mol. The lowest BCUT2D eigenvalue weighted by Crippen LogP contribution is -2.15. The number of ether oxygens (including phenoxy) is 3. The first-order chi connectivity index (χ1) is 15.0. The highest BCUT2D eigenvalue weighted by atomic mass is 16.5. The highest BCUT2D eigenvalue weighted by molar-refractivity contribution is 6.06. The van der Waals surface area contributed by atoms with E-state index in [0.29, 0.717) is 11.3 Å². The number of benzene rings is 2. The standard InChI is InChI=1S/C23H20N2O6/c1-29-18(26)14-11-15-9-12-16(13-10-15)20-19(22(27)30-2)21(23(28)31-3)25(24-20)17-7-5-4-6-8-17/h4-14H,1-3H3. The third-order valence-electron chi connectivity index (χ3n) is 4.45. The molecular weight excluding hydrogens is 400 g/mol. The van der Waals surface area contributed by atoms with Crippen LogP contribution in [0.3, 0.4) is 0 Å². The van der Waals surface area contributed by atoms with Gasteiger partial charge in [-0.3, -0.25) is 0 Å². The van der Waals surface area contributed by atoms with Gasteiger partial charge in [-0.05, 0) is 23.8 Å². The van der Waals surface area contributed by atoms with E-state index in [-0.39, 0.29) is 17.0 Å². The van der Waals surface area contributed by atoms with Crippen LogP contribution in [0, 0.1) is 0 Å². The lowest BCUT2D eigenvalue weighted by atomic mass is 10.0. The summed E-state index contributed by atoms with van der Waals surface area (Å²) in [5.74, 6) is -1.91. The average molecular weight is 420 g/mol. The minimum atomic E-state index is -0.722. The Morgan fingerprint density at radius 2 is 1.48 bits per heavy atom. The minimum absolute atomic E-state index is 0.00365. The topological polar surface area (TPSA) is 96.7 Å². The maximum Gasteiger partial charge on any atom is 0.357 e. The van der Waals surface area contributed by atoms with Crippen LogP contribution in [0.1, 0.15) is 26.4 Å². The second kappa shape index (κ2) is 9.53. The fourth-order valence-corrected chi connectivity index (χ4v) is 2.94. The number of aromatic nitrogens is 2. The van der Waals surface area contributed by atoms with E-state index in [1.165, 1.54) is 32.1 Å². The Hall–Kier alpha value is -4.20. The summed E-state index contributed by atoms with van der Waals surface area (Å²) in [4.78, 5) is 36.5. The highest BCUT2D eigenvalue weighted by Gasteiger charge is 2.31. The quantitative estimate of drug-likeness (QED) is 0.343. The maximum atomic E-state index is 12.6. The number of carbonyl (C=O) groups excluding carboxylic acids is 3. The molecule has 1 aromatic heterocycles. The zero-order valence-electron chi connectivity index (χ0n) is 17.2. The Bertz CT molecular complexity index is 1130. The summed E-state index contributed by atoms with van der Waals surface area (Å²) in [6.07, 6.45) is 2.90. The minimum Gasteiger partial charge on any atom is -0.466 e. The van der Waals surface area contributed by atoms with Gasteiger partial charge in [0.15, 0.2) is 5.69 Å². The largest absolute Gasteiger partial charge is 0.466 e. The van der Waals surface area contributed by atoms with E-state index in [4.69, 9.17) is 9.47 Å². The van der Waals surface area contributed by atoms with Crippen molar-refractivity contribution in [2.45, 2.75) is 0 Å². The first-order valence-electron chi connectivity index (χ1n) is 9.21. The Kier molecular flexibility index (Phi) is 6.61. The lowest BCUT2D eigenvalue weighted by molar-refractivity contribution is -0.134. The number of hydrogen-bond acceptors (Lipinski definition) is 7. The van der Waals surface area contributed by atoms with Gasteiger partial charge in [-0.1, -0.05) is 42.5 Å². The van der Waals surface area contributed by atoms with Crippen molar-refractivity contribution >= 4 is 24.0 Å². The van der Waals surface area contributed by atoms with Gasteiger partial charge in [0.05, 0.1) is 27.0 Å². The number of hydrogen-bond donors (Lipinski definition) is 0. The number of carbonyl (C=O) groups is 3. The van der Waals surface area contributed by atoms with Gasteiger partial charge >= 0.3 is 17.9 Å². The molecule has 0 saturated heterocycles. The second-order valence-corrected chi connectivity index (χ2v) is 6.28. The van der Waals surface area contributed by atoms with Crippen molar-refractivity contribution in [3.8, 4) is 16.9 Å². The molecule has 0 radical (unpaired) electrons. The number of methoxy groups -OCH3 is 3. The van der Waals surface area contributed by atoms with Gasteiger partial charge in [0.25, 0.3) is 0 Å². The smallest absolute Gasteiger partial charge is 0.357 e. The maximum absolute atomic E-state index is 12.6. The van der Waals surface area contributed by atoms with E-state index in [2.05, 4.69) is 9.84 Å². The zero-order chi connectivity index (χ0) is 22.4. The molecule has 3 rings (SSSR count). The molecule has 0 aliphatic heterocycles. The van der Waals surface area contributed by atoms with Gasteiger partial charge in [-0.15, -0.1) is 0 Å². The highest BCUT2D eigenvalue weighted by Crippen LogP contribution is 2.29. The van der Waals surface area contributed by atoms with Crippen molar-refractivity contribution in [3.05, 3.63) is 77.5 Å². The third-order valence-corrected chi connectivity index (χ3v) is 4.45. The Morgan fingerprint density at radius 1 is 0.839 bits per heavy atom. The van der Waals surface area contributed by atoms with Gasteiger partial charge < -0.3 is 14.2 Å². The van der Waals surface area contributed by atoms with Gasteiger partial charge in [0.1, 0.15) is 11.3 Å². The summed E-state index contributed by atoms with van der Waals surface area (Å²) >= 11 is 0. The summed E-state index contributed by atoms with van der Waals surface area (Å²) in [7, 11) is 3.76. The van der Waals surface area contributed by atoms with Crippen molar-refractivity contribution in [1.82, 2.24) is 9.78 Å². The van der Waals surface area contributed by atoms with Crippen LogP contribution in [0.5, 0.6) is 0 Å².